The fourth-order valence-electron chi connectivity index (χ4n) is 3.59. The minimum Gasteiger partial charge on any atom is -0.353 e. The molecule has 1 aliphatic rings. The second-order valence-electron chi connectivity index (χ2n) is 7.77. The van der Waals surface area contributed by atoms with Crippen molar-refractivity contribution in [1.29, 1.82) is 0 Å². The van der Waals surface area contributed by atoms with Crippen LogP contribution in [-0.4, -0.2) is 74.9 Å². The van der Waals surface area contributed by atoms with Gasteiger partial charge < -0.3 is 5.32 Å². The van der Waals surface area contributed by atoms with Crippen LogP contribution in [0.25, 0.3) is 0 Å². The molecule has 0 spiro atoms. The van der Waals surface area contributed by atoms with Crippen LogP contribution >= 0.6 is 11.6 Å². The van der Waals surface area contributed by atoms with E-state index in [-0.39, 0.29) is 24.5 Å². The fourth-order valence-corrected chi connectivity index (χ4v) is 4.77. The number of likely N-dealkylation sites (N-methyl/N-ethyl adjacent to an activating group) is 1. The summed E-state index contributed by atoms with van der Waals surface area (Å²) < 4.78 is 23.5. The molecule has 1 saturated heterocycles. The van der Waals surface area contributed by atoms with Gasteiger partial charge in [0.2, 0.25) is 5.91 Å². The molecule has 158 valence electrons. The van der Waals surface area contributed by atoms with Gasteiger partial charge in [-0.2, -0.15) is 0 Å². The highest BCUT2D eigenvalue weighted by Gasteiger charge is 2.28. The van der Waals surface area contributed by atoms with Crippen molar-refractivity contribution in [3.63, 3.8) is 0 Å². The van der Waals surface area contributed by atoms with Crippen LogP contribution in [0, 0.1) is 0 Å². The van der Waals surface area contributed by atoms with Crippen molar-refractivity contribution in [2.24, 2.45) is 0 Å². The molecule has 2 rings (SSSR count). The number of nitrogens with zero attached hydrogens (tertiary/aromatic N) is 2. The van der Waals surface area contributed by atoms with E-state index < -0.39 is 15.1 Å². The molecule has 1 N–H and O–H groups in total. The van der Waals surface area contributed by atoms with Crippen molar-refractivity contribution < 1.29 is 13.2 Å². The van der Waals surface area contributed by atoms with Crippen molar-refractivity contribution in [2.75, 3.05) is 39.5 Å². The highest BCUT2D eigenvalue weighted by atomic mass is 35.5. The maximum absolute atomic E-state index is 12.5. The summed E-state index contributed by atoms with van der Waals surface area (Å²) in [6.07, 6.45) is 3.53. The highest BCUT2D eigenvalue weighted by molar-refractivity contribution is 7.91. The number of rotatable bonds is 9. The number of halogens is 1. The first kappa shape index (κ1) is 23.1. The van der Waals surface area contributed by atoms with Gasteiger partial charge in [-0.1, -0.05) is 29.8 Å². The van der Waals surface area contributed by atoms with Crippen LogP contribution in [0.15, 0.2) is 24.3 Å². The van der Waals surface area contributed by atoms with E-state index >= 15 is 0 Å². The topological polar surface area (TPSA) is 69.7 Å². The normalized spacial score (nSPS) is 18.8. The molecule has 0 saturated carbocycles. The molecule has 1 heterocycles. The van der Waals surface area contributed by atoms with Gasteiger partial charge >= 0.3 is 0 Å². The Labute approximate surface area is 174 Å². The smallest absolute Gasteiger partial charge is 0.234 e. The predicted octanol–water partition coefficient (Wildman–Crippen LogP) is 2.35. The van der Waals surface area contributed by atoms with Crippen LogP contribution in [-0.2, 0) is 14.6 Å². The summed E-state index contributed by atoms with van der Waals surface area (Å²) in [6.45, 7) is 6.12. The number of benzene rings is 1. The van der Waals surface area contributed by atoms with Crippen molar-refractivity contribution in [3.8, 4) is 0 Å². The van der Waals surface area contributed by atoms with Gasteiger partial charge in [0.15, 0.2) is 9.84 Å². The van der Waals surface area contributed by atoms with E-state index in [0.717, 1.165) is 31.5 Å². The SMILES string of the molecule is CC(C(C)S(C)(=O)=O)N(C)CC(=O)NCC(c1ccccc1Cl)N1CCCC1. The van der Waals surface area contributed by atoms with Crippen LogP contribution in [0.4, 0.5) is 0 Å². The molecule has 28 heavy (non-hydrogen) atoms. The summed E-state index contributed by atoms with van der Waals surface area (Å²) in [6, 6.07) is 7.55. The number of likely N-dealkylation sites (tertiary alicyclic amines) is 1. The molecule has 3 atom stereocenters. The molecule has 1 amide bonds. The third kappa shape index (κ3) is 6.17. The molecule has 1 fully saturated rings. The highest BCUT2D eigenvalue weighted by Crippen LogP contribution is 2.29. The number of carbonyl (C=O) groups excluding carboxylic acids is 1. The summed E-state index contributed by atoms with van der Waals surface area (Å²) in [5.74, 6) is -0.119. The van der Waals surface area contributed by atoms with E-state index in [1.165, 1.54) is 6.26 Å². The molecule has 0 radical (unpaired) electrons. The summed E-state index contributed by atoms with van der Waals surface area (Å²) >= 11 is 6.41. The average Bonchev–Trinajstić information content (AvgIpc) is 3.15. The van der Waals surface area contributed by atoms with Crippen molar-refractivity contribution in [1.82, 2.24) is 15.1 Å². The first-order chi connectivity index (χ1) is 13.1. The molecule has 3 unspecified atom stereocenters. The van der Waals surface area contributed by atoms with Gasteiger partial charge in [-0.3, -0.25) is 14.6 Å². The zero-order valence-corrected chi connectivity index (χ0v) is 18.8. The van der Waals surface area contributed by atoms with Crippen LogP contribution in [0.2, 0.25) is 5.02 Å². The van der Waals surface area contributed by atoms with E-state index in [0.29, 0.717) is 11.6 Å². The van der Waals surface area contributed by atoms with Crippen molar-refractivity contribution in [3.05, 3.63) is 34.9 Å². The molecule has 1 aromatic rings. The second-order valence-corrected chi connectivity index (χ2v) is 10.6. The Kier molecular flexibility index (Phi) is 8.30. The number of hydrogen-bond donors (Lipinski definition) is 1. The lowest BCUT2D eigenvalue weighted by Gasteiger charge is -2.30. The summed E-state index contributed by atoms with van der Waals surface area (Å²) in [4.78, 5) is 16.7. The third-order valence-electron chi connectivity index (χ3n) is 5.78. The van der Waals surface area contributed by atoms with Crippen LogP contribution < -0.4 is 5.32 Å². The standard InChI is InChI=1S/C20H32ClN3O3S/c1-15(16(2)28(4,26)27)23(3)14-20(25)22-13-19(24-11-7-8-12-24)17-9-5-6-10-18(17)21/h5-6,9-10,15-16,19H,7-8,11-14H2,1-4H3,(H,22,25). The molecule has 6 nitrogen and oxygen atoms in total. The van der Waals surface area contributed by atoms with Crippen LogP contribution in [0.3, 0.4) is 0 Å². The third-order valence-corrected chi connectivity index (χ3v) is 7.87. The first-order valence-corrected chi connectivity index (χ1v) is 12.1. The molecule has 0 bridgehead atoms. The molecule has 0 aromatic heterocycles. The Morgan fingerprint density at radius 1 is 1.25 bits per heavy atom. The largest absolute Gasteiger partial charge is 0.353 e. The maximum atomic E-state index is 12.5. The quantitative estimate of drug-likeness (QED) is 0.652. The molecular weight excluding hydrogens is 398 g/mol. The van der Waals surface area contributed by atoms with Crippen molar-refractivity contribution in [2.45, 2.75) is 44.0 Å². The molecular formula is C20H32ClN3O3S. The Hall–Kier alpha value is -1.15. The predicted molar refractivity (Wildman–Crippen MR) is 114 cm³/mol. The summed E-state index contributed by atoms with van der Waals surface area (Å²) in [5, 5.41) is 3.19. The van der Waals surface area contributed by atoms with E-state index in [1.54, 1.807) is 18.9 Å². The second kappa shape index (κ2) is 10.1. The fraction of sp³-hybridized carbons (Fsp3) is 0.650. The number of sulfone groups is 1. The number of carbonyl (C=O) groups is 1. The van der Waals surface area contributed by atoms with Crippen LogP contribution in [0.5, 0.6) is 0 Å². The van der Waals surface area contributed by atoms with Crippen molar-refractivity contribution >= 4 is 27.3 Å². The zero-order chi connectivity index (χ0) is 20.9. The number of nitrogens with one attached hydrogen (secondary N) is 1. The van der Waals surface area contributed by atoms with Gasteiger partial charge in [-0.25, -0.2) is 8.42 Å². The number of amides is 1. The minimum absolute atomic E-state index is 0.0397. The van der Waals surface area contributed by atoms with Gasteiger partial charge in [0.25, 0.3) is 0 Å². The Morgan fingerprint density at radius 2 is 1.86 bits per heavy atom. The lowest BCUT2D eigenvalue weighted by atomic mass is 10.1. The first-order valence-electron chi connectivity index (χ1n) is 9.75. The zero-order valence-electron chi connectivity index (χ0n) is 17.2. The maximum Gasteiger partial charge on any atom is 0.234 e. The molecule has 1 aromatic carbocycles. The Bertz CT molecular complexity index is 766. The van der Waals surface area contributed by atoms with Gasteiger partial charge in [-0.05, 0) is 58.5 Å². The van der Waals surface area contributed by atoms with E-state index in [4.69, 9.17) is 11.6 Å². The lowest BCUT2D eigenvalue weighted by Crippen LogP contribution is -2.47. The lowest BCUT2D eigenvalue weighted by molar-refractivity contribution is -0.122. The van der Waals surface area contributed by atoms with Gasteiger partial charge in [0, 0.05) is 23.9 Å². The number of hydrogen-bond acceptors (Lipinski definition) is 5. The van der Waals surface area contributed by atoms with Gasteiger partial charge in [-0.15, -0.1) is 0 Å². The Balaban J connectivity index is 1.99. The average molecular weight is 430 g/mol. The van der Waals surface area contributed by atoms with Crippen LogP contribution in [0.1, 0.15) is 38.3 Å². The monoisotopic (exact) mass is 429 g/mol. The Morgan fingerprint density at radius 3 is 2.43 bits per heavy atom. The molecule has 1 aliphatic heterocycles. The molecule has 0 aliphatic carbocycles. The molecule has 8 heteroatoms. The summed E-state index contributed by atoms with van der Waals surface area (Å²) in [7, 11) is -1.38. The van der Waals surface area contributed by atoms with E-state index in [2.05, 4.69) is 10.2 Å². The van der Waals surface area contributed by atoms with E-state index in [1.807, 2.05) is 31.2 Å². The minimum atomic E-state index is -3.16. The van der Waals surface area contributed by atoms with Gasteiger partial charge in [0.05, 0.1) is 17.8 Å². The summed E-state index contributed by atoms with van der Waals surface area (Å²) in [5.41, 5.74) is 1.03. The van der Waals surface area contributed by atoms with Gasteiger partial charge in [0.1, 0.15) is 0 Å². The van der Waals surface area contributed by atoms with E-state index in [9.17, 15) is 13.2 Å².